The zero-order valence-corrected chi connectivity index (χ0v) is 15.7. The van der Waals surface area contributed by atoms with Crippen molar-refractivity contribution in [1.29, 1.82) is 0 Å². The Morgan fingerprint density at radius 1 is 0.958 bits per heavy atom. The van der Waals surface area contributed by atoms with Crippen LogP contribution in [-0.4, -0.2) is 26.0 Å². The fourth-order valence-electron chi connectivity index (χ4n) is 3.21. The van der Waals surface area contributed by atoms with Crippen LogP contribution in [0, 0.1) is 0 Å². The van der Waals surface area contributed by atoms with E-state index in [1.54, 1.807) is 0 Å². The maximum Gasteiger partial charge on any atom is 0.303 e. The van der Waals surface area contributed by atoms with Gasteiger partial charge in [-0.25, -0.2) is 0 Å². The van der Waals surface area contributed by atoms with Crippen LogP contribution in [0.25, 0.3) is 0 Å². The average Bonchev–Trinajstić information content (AvgIpc) is 2.55. The van der Waals surface area contributed by atoms with E-state index in [1.165, 1.54) is 10.4 Å². The van der Waals surface area contributed by atoms with Gasteiger partial charge in [0.2, 0.25) is 0 Å². The Morgan fingerprint density at radius 3 is 1.79 bits per heavy atom. The van der Waals surface area contributed by atoms with Gasteiger partial charge < -0.3 is 9.53 Å². The first-order valence-electron chi connectivity index (χ1n) is 8.35. The van der Waals surface area contributed by atoms with Gasteiger partial charge in [0.05, 0.1) is 0 Å². The molecule has 0 heterocycles. The number of benzene rings is 2. The van der Waals surface area contributed by atoms with Crippen LogP contribution in [-0.2, 0) is 9.22 Å². The molecule has 0 atom stereocenters. The summed E-state index contributed by atoms with van der Waals surface area (Å²) in [7, 11) is -2.51. The molecule has 0 aliphatic carbocycles. The van der Waals surface area contributed by atoms with Gasteiger partial charge in [0.15, 0.2) is 0 Å². The second kappa shape index (κ2) is 7.77. The van der Waals surface area contributed by atoms with E-state index in [2.05, 4.69) is 45.0 Å². The summed E-state index contributed by atoms with van der Waals surface area (Å²) in [6, 6.07) is 20.8. The van der Waals surface area contributed by atoms with Gasteiger partial charge >= 0.3 is 5.97 Å². The highest BCUT2D eigenvalue weighted by molar-refractivity contribution is 6.99. The third-order valence-corrected chi connectivity index (χ3v) is 9.31. The van der Waals surface area contributed by atoms with Crippen molar-refractivity contribution in [2.24, 2.45) is 0 Å². The smallest absolute Gasteiger partial charge is 0.303 e. The van der Waals surface area contributed by atoms with Gasteiger partial charge in [-0.15, -0.1) is 0 Å². The Bertz CT molecular complexity index is 608. The van der Waals surface area contributed by atoms with E-state index in [0.29, 0.717) is 13.0 Å². The maximum absolute atomic E-state index is 10.8. The van der Waals surface area contributed by atoms with Gasteiger partial charge in [-0.3, -0.25) is 4.79 Å². The van der Waals surface area contributed by atoms with Crippen molar-refractivity contribution in [3.63, 3.8) is 0 Å². The Labute approximate surface area is 145 Å². The van der Waals surface area contributed by atoms with Crippen molar-refractivity contribution < 1.29 is 14.3 Å². The van der Waals surface area contributed by atoms with Gasteiger partial charge in [0.1, 0.15) is 0 Å². The minimum atomic E-state index is -2.51. The molecule has 0 radical (unpaired) electrons. The molecule has 0 saturated heterocycles. The Hall–Kier alpha value is -1.91. The number of hydrogen-bond donors (Lipinski definition) is 1. The van der Waals surface area contributed by atoms with E-state index in [-0.39, 0.29) is 11.5 Å². The van der Waals surface area contributed by atoms with Crippen LogP contribution < -0.4 is 10.4 Å². The molecular formula is C20H26O3Si. The highest BCUT2D eigenvalue weighted by Gasteiger charge is 2.49. The van der Waals surface area contributed by atoms with E-state index >= 15 is 0 Å². The molecule has 4 heteroatoms. The zero-order chi connectivity index (χ0) is 17.6. The number of rotatable bonds is 7. The molecule has 1 N–H and O–H groups in total. The lowest BCUT2D eigenvalue weighted by Gasteiger charge is -2.43. The Morgan fingerprint density at radius 2 is 1.42 bits per heavy atom. The van der Waals surface area contributed by atoms with Crippen LogP contribution in [0.1, 0.15) is 33.6 Å². The summed E-state index contributed by atoms with van der Waals surface area (Å²) >= 11 is 0. The van der Waals surface area contributed by atoms with Gasteiger partial charge in [0, 0.05) is 13.0 Å². The molecule has 2 aromatic carbocycles. The van der Waals surface area contributed by atoms with Crippen molar-refractivity contribution >= 4 is 24.7 Å². The van der Waals surface area contributed by atoms with Crippen LogP contribution in [0.3, 0.4) is 0 Å². The molecule has 2 aromatic rings. The molecule has 128 valence electrons. The Balaban J connectivity index is 2.47. The highest BCUT2D eigenvalue weighted by Crippen LogP contribution is 2.36. The average molecular weight is 343 g/mol. The van der Waals surface area contributed by atoms with Crippen molar-refractivity contribution in [1.82, 2.24) is 0 Å². The van der Waals surface area contributed by atoms with Crippen LogP contribution in [0.5, 0.6) is 0 Å². The molecule has 0 amide bonds. The van der Waals surface area contributed by atoms with E-state index in [0.717, 1.165) is 0 Å². The first-order valence-corrected chi connectivity index (χ1v) is 10.3. The van der Waals surface area contributed by atoms with Crippen LogP contribution >= 0.6 is 0 Å². The minimum absolute atomic E-state index is 0.0705. The summed E-state index contributed by atoms with van der Waals surface area (Å²) in [4.78, 5) is 10.8. The zero-order valence-electron chi connectivity index (χ0n) is 14.7. The second-order valence-electron chi connectivity index (χ2n) is 7.01. The molecule has 24 heavy (non-hydrogen) atoms. The number of carboxylic acids is 1. The number of aliphatic carboxylic acids is 1. The maximum atomic E-state index is 10.8. The predicted molar refractivity (Wildman–Crippen MR) is 100 cm³/mol. The molecule has 0 spiro atoms. The third kappa shape index (κ3) is 3.94. The SMILES string of the molecule is CC(C)(C)[Si](OCCCC(=O)O)(c1ccccc1)c1ccccc1. The molecule has 0 bridgehead atoms. The normalized spacial score (nSPS) is 12.1. The molecule has 0 unspecified atom stereocenters. The van der Waals surface area contributed by atoms with Crippen LogP contribution in [0.2, 0.25) is 5.04 Å². The second-order valence-corrected chi connectivity index (χ2v) is 11.3. The van der Waals surface area contributed by atoms with Gasteiger partial charge in [-0.05, 0) is 21.8 Å². The van der Waals surface area contributed by atoms with Gasteiger partial charge in [-0.2, -0.15) is 0 Å². The molecule has 0 saturated carbocycles. The molecule has 0 aliphatic heterocycles. The summed E-state index contributed by atoms with van der Waals surface area (Å²) in [5.74, 6) is -0.777. The van der Waals surface area contributed by atoms with Crippen molar-refractivity contribution in [3.05, 3.63) is 60.7 Å². The minimum Gasteiger partial charge on any atom is -0.481 e. The molecule has 0 aliphatic rings. The summed E-state index contributed by atoms with van der Waals surface area (Å²) in [6.45, 7) is 7.11. The lowest BCUT2D eigenvalue weighted by Crippen LogP contribution is -2.66. The lowest BCUT2D eigenvalue weighted by atomic mass is 10.2. The van der Waals surface area contributed by atoms with Crippen LogP contribution in [0.4, 0.5) is 0 Å². The predicted octanol–water partition coefficient (Wildman–Crippen LogP) is 3.43. The summed E-state index contributed by atoms with van der Waals surface area (Å²) in [5.41, 5.74) is 0. The number of carboxylic acid groups (broad SMARTS) is 1. The summed E-state index contributed by atoms with van der Waals surface area (Å²) < 4.78 is 6.59. The van der Waals surface area contributed by atoms with E-state index in [9.17, 15) is 4.79 Å². The third-order valence-electron chi connectivity index (χ3n) is 4.27. The van der Waals surface area contributed by atoms with E-state index in [4.69, 9.17) is 9.53 Å². The largest absolute Gasteiger partial charge is 0.481 e. The first kappa shape index (κ1) is 18.4. The quantitative estimate of drug-likeness (QED) is 0.619. The monoisotopic (exact) mass is 342 g/mol. The van der Waals surface area contributed by atoms with E-state index in [1.807, 2.05) is 36.4 Å². The summed E-state index contributed by atoms with van der Waals surface area (Å²) in [5, 5.41) is 11.3. The Kier molecular flexibility index (Phi) is 5.97. The van der Waals surface area contributed by atoms with Crippen molar-refractivity contribution in [3.8, 4) is 0 Å². The topological polar surface area (TPSA) is 46.5 Å². The lowest BCUT2D eigenvalue weighted by molar-refractivity contribution is -0.137. The van der Waals surface area contributed by atoms with Gasteiger partial charge in [0.25, 0.3) is 8.32 Å². The standard InChI is InChI=1S/C20H26O3Si/c1-20(2,3)24(17-11-6-4-7-12-17,18-13-8-5-9-14-18)23-16-10-15-19(21)22/h4-9,11-14H,10,15-16H2,1-3H3,(H,21,22). The summed E-state index contributed by atoms with van der Waals surface area (Å²) in [6.07, 6.45) is 0.665. The molecule has 2 rings (SSSR count). The fourth-order valence-corrected chi connectivity index (χ4v) is 7.82. The fraction of sp³-hybridized carbons (Fsp3) is 0.350. The molecular weight excluding hydrogens is 316 g/mol. The van der Waals surface area contributed by atoms with Crippen molar-refractivity contribution in [2.45, 2.75) is 38.7 Å². The van der Waals surface area contributed by atoms with Crippen LogP contribution in [0.15, 0.2) is 60.7 Å². The van der Waals surface area contributed by atoms with E-state index < -0.39 is 14.3 Å². The van der Waals surface area contributed by atoms with Crippen molar-refractivity contribution in [2.75, 3.05) is 6.61 Å². The molecule has 3 nitrogen and oxygen atoms in total. The van der Waals surface area contributed by atoms with Gasteiger partial charge in [-0.1, -0.05) is 81.4 Å². The highest BCUT2D eigenvalue weighted by atomic mass is 28.4. The number of carbonyl (C=O) groups is 1. The number of hydrogen-bond acceptors (Lipinski definition) is 2. The molecule has 0 aromatic heterocycles. The first-order chi connectivity index (χ1) is 11.4. The molecule has 0 fully saturated rings.